The zero-order valence-corrected chi connectivity index (χ0v) is 19.3. The summed E-state index contributed by atoms with van der Waals surface area (Å²) in [7, 11) is 0. The number of urea groups is 1. The first-order valence-corrected chi connectivity index (χ1v) is 11.2. The summed E-state index contributed by atoms with van der Waals surface area (Å²) in [5, 5.41) is 14.3. The second kappa shape index (κ2) is 8.59. The quantitative estimate of drug-likeness (QED) is 0.619. The number of fused-ring (bicyclic) bond motifs is 1. The van der Waals surface area contributed by atoms with E-state index in [0.717, 1.165) is 17.9 Å². The van der Waals surface area contributed by atoms with Crippen molar-refractivity contribution >= 4 is 23.7 Å². The molecule has 4 heterocycles. The third-order valence-corrected chi connectivity index (χ3v) is 6.33. The van der Waals surface area contributed by atoms with Crippen molar-refractivity contribution in [1.29, 1.82) is 5.26 Å². The van der Waals surface area contributed by atoms with Gasteiger partial charge in [-0.2, -0.15) is 5.26 Å². The summed E-state index contributed by atoms with van der Waals surface area (Å²) >= 11 is 0. The lowest BCUT2D eigenvalue weighted by Gasteiger charge is -2.37. The molecule has 11 heteroatoms. The molecule has 1 spiro atoms. The number of anilines is 1. The Morgan fingerprint density at radius 1 is 1.21 bits per heavy atom. The molecule has 0 bridgehead atoms. The SMILES string of the molecule is CC(C)(C)CN1CCN(CC(=O)N2CCC3(CC2)NC(=O)NC3=O)Cc2cnc(C#N)nc21. The van der Waals surface area contributed by atoms with E-state index in [9.17, 15) is 19.6 Å². The number of likely N-dealkylation sites (tertiary alicyclic amines) is 1. The molecular formula is C22H30N8O3. The van der Waals surface area contributed by atoms with Crippen molar-refractivity contribution in [3.05, 3.63) is 17.6 Å². The van der Waals surface area contributed by atoms with Crippen LogP contribution in [0, 0.1) is 16.7 Å². The number of rotatable bonds is 3. The minimum Gasteiger partial charge on any atom is -0.354 e. The Morgan fingerprint density at radius 2 is 1.94 bits per heavy atom. The highest BCUT2D eigenvalue weighted by Gasteiger charge is 2.48. The summed E-state index contributed by atoms with van der Waals surface area (Å²) in [4.78, 5) is 51.4. The molecule has 33 heavy (non-hydrogen) atoms. The van der Waals surface area contributed by atoms with Crippen molar-refractivity contribution < 1.29 is 14.4 Å². The van der Waals surface area contributed by atoms with Gasteiger partial charge < -0.3 is 15.1 Å². The van der Waals surface area contributed by atoms with Crippen LogP contribution >= 0.6 is 0 Å². The molecule has 3 aliphatic heterocycles. The van der Waals surface area contributed by atoms with Gasteiger partial charge in [0.15, 0.2) is 0 Å². The van der Waals surface area contributed by atoms with Crippen molar-refractivity contribution in [3.8, 4) is 6.07 Å². The number of nitrogens with one attached hydrogen (secondary N) is 2. The van der Waals surface area contributed by atoms with Crippen molar-refractivity contribution in [2.75, 3.05) is 44.2 Å². The van der Waals surface area contributed by atoms with Crippen molar-refractivity contribution in [2.45, 2.75) is 45.7 Å². The van der Waals surface area contributed by atoms with E-state index < -0.39 is 11.6 Å². The highest BCUT2D eigenvalue weighted by molar-refractivity contribution is 6.07. The van der Waals surface area contributed by atoms with Gasteiger partial charge in [-0.15, -0.1) is 0 Å². The molecular weight excluding hydrogens is 424 g/mol. The monoisotopic (exact) mass is 454 g/mol. The molecule has 176 valence electrons. The van der Waals surface area contributed by atoms with Crippen LogP contribution in [0.4, 0.5) is 10.6 Å². The van der Waals surface area contributed by atoms with E-state index in [-0.39, 0.29) is 29.6 Å². The van der Waals surface area contributed by atoms with E-state index in [1.165, 1.54) is 0 Å². The predicted molar refractivity (Wildman–Crippen MR) is 119 cm³/mol. The van der Waals surface area contributed by atoms with Crippen LogP contribution in [0.15, 0.2) is 6.20 Å². The summed E-state index contributed by atoms with van der Waals surface area (Å²) in [6, 6.07) is 1.55. The molecule has 11 nitrogen and oxygen atoms in total. The van der Waals surface area contributed by atoms with Crippen molar-refractivity contribution in [1.82, 2.24) is 30.4 Å². The highest BCUT2D eigenvalue weighted by atomic mass is 16.2. The van der Waals surface area contributed by atoms with Gasteiger partial charge in [0.05, 0.1) is 6.54 Å². The highest BCUT2D eigenvalue weighted by Crippen LogP contribution is 2.28. The van der Waals surface area contributed by atoms with E-state index in [1.807, 2.05) is 6.07 Å². The summed E-state index contributed by atoms with van der Waals surface area (Å²) in [6.07, 6.45) is 2.50. The Bertz CT molecular complexity index is 1000. The predicted octanol–water partition coefficient (Wildman–Crippen LogP) is 0.217. The minimum atomic E-state index is -0.890. The van der Waals surface area contributed by atoms with Crippen LogP contribution in [0.3, 0.4) is 0 Å². The number of aromatic nitrogens is 2. The standard InChI is InChI=1S/C22H30N8O3/c1-21(2,3)14-30-9-8-28(12-15-11-24-16(10-23)25-18(15)30)13-17(31)29-6-4-22(5-7-29)19(32)26-20(33)27-22/h11H,4-9,12-14H2,1-3H3,(H2,26,27,32,33). The number of carbonyl (C=O) groups excluding carboxylic acids is 3. The van der Waals surface area contributed by atoms with Crippen LogP contribution in [0.2, 0.25) is 0 Å². The summed E-state index contributed by atoms with van der Waals surface area (Å²) < 4.78 is 0. The average Bonchev–Trinajstić information content (AvgIpc) is 2.92. The number of amides is 4. The van der Waals surface area contributed by atoms with Crippen LogP contribution in [0.25, 0.3) is 0 Å². The maximum Gasteiger partial charge on any atom is 0.322 e. The van der Waals surface area contributed by atoms with Gasteiger partial charge >= 0.3 is 6.03 Å². The fourth-order valence-corrected chi connectivity index (χ4v) is 4.70. The lowest BCUT2D eigenvalue weighted by atomic mass is 9.87. The molecule has 1 aromatic heterocycles. The van der Waals surface area contributed by atoms with Gasteiger partial charge in [0.25, 0.3) is 5.91 Å². The fraction of sp³-hybridized carbons (Fsp3) is 0.636. The molecule has 0 unspecified atom stereocenters. The van der Waals surface area contributed by atoms with E-state index in [0.29, 0.717) is 45.6 Å². The van der Waals surface area contributed by atoms with E-state index in [1.54, 1.807) is 11.1 Å². The second-order valence-corrected chi connectivity index (χ2v) is 10.2. The van der Waals surface area contributed by atoms with Crippen LogP contribution < -0.4 is 15.5 Å². The fourth-order valence-electron chi connectivity index (χ4n) is 4.70. The topological polar surface area (TPSA) is 135 Å². The number of nitriles is 1. The Kier molecular flexibility index (Phi) is 5.97. The summed E-state index contributed by atoms with van der Waals surface area (Å²) in [5.41, 5.74) is 0.0381. The number of carbonyl (C=O) groups is 3. The molecule has 4 rings (SSSR count). The third-order valence-electron chi connectivity index (χ3n) is 6.33. The lowest BCUT2D eigenvalue weighted by molar-refractivity contribution is -0.136. The Balaban J connectivity index is 1.43. The lowest BCUT2D eigenvalue weighted by Crippen LogP contribution is -2.56. The van der Waals surface area contributed by atoms with Crippen molar-refractivity contribution in [3.63, 3.8) is 0 Å². The Morgan fingerprint density at radius 3 is 2.55 bits per heavy atom. The first-order chi connectivity index (χ1) is 15.6. The number of hydrogen-bond donors (Lipinski definition) is 2. The zero-order chi connectivity index (χ0) is 23.8. The van der Waals surface area contributed by atoms with E-state index in [4.69, 9.17) is 0 Å². The maximum atomic E-state index is 13.1. The summed E-state index contributed by atoms with van der Waals surface area (Å²) in [6.45, 7) is 10.2. The molecule has 0 atom stereocenters. The summed E-state index contributed by atoms with van der Waals surface area (Å²) in [5.74, 6) is 0.589. The first kappa shape index (κ1) is 22.9. The van der Waals surface area contributed by atoms with E-state index >= 15 is 0 Å². The Hall–Kier alpha value is -3.26. The zero-order valence-electron chi connectivity index (χ0n) is 19.3. The molecule has 0 aromatic carbocycles. The third kappa shape index (κ3) is 4.90. The van der Waals surface area contributed by atoms with Gasteiger partial charge in [0.2, 0.25) is 11.7 Å². The van der Waals surface area contributed by atoms with Crippen LogP contribution in [0.1, 0.15) is 45.0 Å². The van der Waals surface area contributed by atoms with Crippen LogP contribution in [-0.4, -0.2) is 82.4 Å². The minimum absolute atomic E-state index is 0.00466. The molecule has 2 saturated heterocycles. The smallest absolute Gasteiger partial charge is 0.322 e. The molecule has 0 saturated carbocycles. The van der Waals surface area contributed by atoms with Gasteiger partial charge in [0.1, 0.15) is 17.4 Å². The molecule has 0 radical (unpaired) electrons. The van der Waals surface area contributed by atoms with Crippen LogP contribution in [0.5, 0.6) is 0 Å². The van der Waals surface area contributed by atoms with Gasteiger partial charge in [-0.3, -0.25) is 19.8 Å². The largest absolute Gasteiger partial charge is 0.354 e. The molecule has 4 amide bonds. The number of piperidine rings is 1. The number of imide groups is 1. The second-order valence-electron chi connectivity index (χ2n) is 10.2. The molecule has 0 aliphatic carbocycles. The number of nitrogens with zero attached hydrogens (tertiary/aromatic N) is 6. The average molecular weight is 455 g/mol. The first-order valence-electron chi connectivity index (χ1n) is 11.2. The van der Waals surface area contributed by atoms with Gasteiger partial charge in [-0.05, 0) is 18.3 Å². The van der Waals surface area contributed by atoms with Gasteiger partial charge in [-0.25, -0.2) is 14.8 Å². The van der Waals surface area contributed by atoms with Gasteiger partial charge in [0, 0.05) is 51.0 Å². The Labute approximate surface area is 193 Å². The van der Waals surface area contributed by atoms with E-state index in [2.05, 4.69) is 51.2 Å². The van der Waals surface area contributed by atoms with Crippen LogP contribution in [-0.2, 0) is 16.1 Å². The maximum absolute atomic E-state index is 13.1. The molecule has 3 aliphatic rings. The molecule has 2 N–H and O–H groups in total. The number of hydrogen-bond acceptors (Lipinski definition) is 8. The molecule has 2 fully saturated rings. The molecule has 1 aromatic rings. The van der Waals surface area contributed by atoms with Crippen molar-refractivity contribution in [2.24, 2.45) is 5.41 Å². The van der Waals surface area contributed by atoms with Gasteiger partial charge in [-0.1, -0.05) is 20.8 Å². The normalized spacial score (nSPS) is 20.7.